The van der Waals surface area contributed by atoms with Gasteiger partial charge in [-0.1, -0.05) is 48.5 Å². The highest BCUT2D eigenvalue weighted by molar-refractivity contribution is 5.66. The third-order valence-corrected chi connectivity index (χ3v) is 4.27. The Morgan fingerprint density at radius 3 is 2.35 bits per heavy atom. The zero-order valence-electron chi connectivity index (χ0n) is 14.1. The fraction of sp³-hybridized carbons (Fsp3) is 0.0909. The van der Waals surface area contributed by atoms with Gasteiger partial charge in [0.05, 0.1) is 0 Å². The minimum Gasteiger partial charge on any atom is -0.481 e. The second-order valence-electron chi connectivity index (χ2n) is 6.08. The van der Waals surface area contributed by atoms with Crippen molar-refractivity contribution in [3.05, 3.63) is 95.6 Å². The number of rotatable bonds is 5. The van der Waals surface area contributed by atoms with Crippen molar-refractivity contribution < 1.29 is 14.7 Å². The number of nitrogens with one attached hydrogen (secondary N) is 1. The first-order valence-electron chi connectivity index (χ1n) is 8.49. The molecule has 3 aromatic rings. The van der Waals surface area contributed by atoms with Crippen LogP contribution in [0.5, 0.6) is 17.2 Å². The summed E-state index contributed by atoms with van der Waals surface area (Å²) in [6.07, 6.45) is 1.81. The molecular weight excluding hydrogens is 326 g/mol. The number of hydrogen-bond donors (Lipinski definition) is 2. The fourth-order valence-corrected chi connectivity index (χ4v) is 3.06. The molecule has 4 heteroatoms. The van der Waals surface area contributed by atoms with E-state index in [9.17, 15) is 5.21 Å². The first kappa shape index (κ1) is 16.4. The maximum absolute atomic E-state index is 9.21. The van der Waals surface area contributed by atoms with E-state index in [1.165, 1.54) is 0 Å². The molecule has 1 aliphatic heterocycles. The molecule has 0 amide bonds. The Balaban J connectivity index is 1.65. The lowest BCUT2D eigenvalue weighted by atomic mass is 9.96. The lowest BCUT2D eigenvalue weighted by molar-refractivity contribution is 0.162. The van der Waals surface area contributed by atoms with Crippen molar-refractivity contribution >= 4 is 6.08 Å². The Morgan fingerprint density at radius 1 is 0.885 bits per heavy atom. The zero-order chi connectivity index (χ0) is 17.8. The summed E-state index contributed by atoms with van der Waals surface area (Å²) in [7, 11) is 0. The van der Waals surface area contributed by atoms with Gasteiger partial charge in [-0.15, -0.1) is 0 Å². The highest BCUT2D eigenvalue weighted by atomic mass is 16.5. The van der Waals surface area contributed by atoms with E-state index in [1.54, 1.807) is 0 Å². The van der Waals surface area contributed by atoms with Gasteiger partial charge in [0.15, 0.2) is 0 Å². The Hall–Kier alpha value is -3.08. The van der Waals surface area contributed by atoms with Crippen molar-refractivity contribution in [1.29, 1.82) is 0 Å². The van der Waals surface area contributed by atoms with Crippen LogP contribution < -0.4 is 15.0 Å². The van der Waals surface area contributed by atoms with Crippen LogP contribution in [-0.2, 0) is 0 Å². The maximum Gasteiger partial charge on any atom is 0.147 e. The van der Waals surface area contributed by atoms with Gasteiger partial charge < -0.3 is 14.7 Å². The van der Waals surface area contributed by atoms with Gasteiger partial charge in [0.1, 0.15) is 23.4 Å². The lowest BCUT2D eigenvalue weighted by Crippen LogP contribution is -2.22. The molecule has 0 aliphatic carbocycles. The van der Waals surface area contributed by atoms with Crippen LogP contribution in [0, 0.1) is 0 Å². The van der Waals surface area contributed by atoms with E-state index in [0.717, 1.165) is 33.9 Å². The number of hydroxylamine groups is 1. The molecule has 1 atom stereocenters. The first-order valence-corrected chi connectivity index (χ1v) is 8.49. The minimum atomic E-state index is -0.232. The molecular formula is C22H19NO3. The second-order valence-corrected chi connectivity index (χ2v) is 6.08. The fourth-order valence-electron chi connectivity index (χ4n) is 3.06. The Kier molecular flexibility index (Phi) is 4.69. The minimum absolute atomic E-state index is 0.232. The monoisotopic (exact) mass is 345 g/mol. The van der Waals surface area contributed by atoms with Gasteiger partial charge in [-0.05, 0) is 47.5 Å². The van der Waals surface area contributed by atoms with Crippen LogP contribution in [0.2, 0.25) is 0 Å². The van der Waals surface area contributed by atoms with E-state index in [4.69, 9.17) is 9.47 Å². The summed E-state index contributed by atoms with van der Waals surface area (Å²) in [5.41, 5.74) is 5.16. The highest BCUT2D eigenvalue weighted by Crippen LogP contribution is 2.39. The highest BCUT2D eigenvalue weighted by Gasteiger charge is 2.24. The van der Waals surface area contributed by atoms with E-state index in [1.807, 2.05) is 84.9 Å². The molecule has 3 aromatic carbocycles. The molecule has 0 fully saturated rings. The van der Waals surface area contributed by atoms with Crippen molar-refractivity contribution in [2.24, 2.45) is 0 Å². The van der Waals surface area contributed by atoms with E-state index in [0.29, 0.717) is 6.54 Å². The molecule has 4 rings (SSSR count). The van der Waals surface area contributed by atoms with E-state index >= 15 is 0 Å². The first-order chi connectivity index (χ1) is 12.8. The quantitative estimate of drug-likeness (QED) is 0.641. The van der Waals surface area contributed by atoms with Gasteiger partial charge in [0.2, 0.25) is 0 Å². The molecule has 0 spiro atoms. The Morgan fingerprint density at radius 2 is 1.62 bits per heavy atom. The summed E-state index contributed by atoms with van der Waals surface area (Å²) >= 11 is 0. The molecule has 26 heavy (non-hydrogen) atoms. The SMILES string of the molecule is ONCC1=Cc2cc(Oc3ccccc3)ccc2OC1c1ccccc1. The predicted molar refractivity (Wildman–Crippen MR) is 101 cm³/mol. The molecule has 1 unspecified atom stereocenters. The maximum atomic E-state index is 9.21. The van der Waals surface area contributed by atoms with E-state index in [2.05, 4.69) is 5.48 Å². The summed E-state index contributed by atoms with van der Waals surface area (Å²) in [6.45, 7) is 0.322. The third-order valence-electron chi connectivity index (χ3n) is 4.27. The Labute approximate surface area is 152 Å². The van der Waals surface area contributed by atoms with Gasteiger partial charge in [-0.2, -0.15) is 0 Å². The van der Waals surface area contributed by atoms with Gasteiger partial charge in [-0.3, -0.25) is 0 Å². The normalized spacial score (nSPS) is 15.6. The predicted octanol–water partition coefficient (Wildman–Crippen LogP) is 4.97. The molecule has 2 N–H and O–H groups in total. The molecule has 1 aliphatic rings. The smallest absolute Gasteiger partial charge is 0.147 e. The van der Waals surface area contributed by atoms with Gasteiger partial charge in [0, 0.05) is 12.1 Å². The number of ether oxygens (including phenoxy) is 2. The number of para-hydroxylation sites is 1. The number of benzene rings is 3. The second kappa shape index (κ2) is 7.44. The van der Waals surface area contributed by atoms with Crippen LogP contribution in [0.25, 0.3) is 6.08 Å². The van der Waals surface area contributed by atoms with E-state index in [-0.39, 0.29) is 6.10 Å². The van der Waals surface area contributed by atoms with Crippen molar-refractivity contribution in [3.63, 3.8) is 0 Å². The molecule has 0 radical (unpaired) electrons. The molecule has 0 saturated heterocycles. The van der Waals surface area contributed by atoms with Gasteiger partial charge in [0.25, 0.3) is 0 Å². The van der Waals surface area contributed by atoms with Crippen LogP contribution in [0.3, 0.4) is 0 Å². The Bertz CT molecular complexity index is 907. The summed E-state index contributed by atoms with van der Waals surface area (Å²) in [5.74, 6) is 2.32. The molecule has 4 nitrogen and oxygen atoms in total. The van der Waals surface area contributed by atoms with Crippen LogP contribution in [0.1, 0.15) is 17.2 Å². The van der Waals surface area contributed by atoms with Crippen molar-refractivity contribution in [2.75, 3.05) is 6.54 Å². The van der Waals surface area contributed by atoms with Crippen molar-refractivity contribution in [3.8, 4) is 17.2 Å². The van der Waals surface area contributed by atoms with Crippen molar-refractivity contribution in [2.45, 2.75) is 6.10 Å². The molecule has 0 aromatic heterocycles. The van der Waals surface area contributed by atoms with Crippen LogP contribution >= 0.6 is 0 Å². The molecule has 1 heterocycles. The molecule has 0 bridgehead atoms. The largest absolute Gasteiger partial charge is 0.481 e. The van der Waals surface area contributed by atoms with E-state index < -0.39 is 0 Å². The van der Waals surface area contributed by atoms with Crippen molar-refractivity contribution in [1.82, 2.24) is 5.48 Å². The average Bonchev–Trinajstić information content (AvgIpc) is 2.69. The third kappa shape index (κ3) is 3.47. The van der Waals surface area contributed by atoms with Crippen LogP contribution in [0.4, 0.5) is 0 Å². The van der Waals surface area contributed by atoms with Gasteiger partial charge >= 0.3 is 0 Å². The zero-order valence-corrected chi connectivity index (χ0v) is 14.1. The molecule has 130 valence electrons. The molecule has 0 saturated carbocycles. The number of hydrogen-bond acceptors (Lipinski definition) is 4. The standard InChI is InChI=1S/C22H19NO3/c24-23-15-18-13-17-14-20(25-19-9-5-2-6-10-19)11-12-21(17)26-22(18)16-7-3-1-4-8-16/h1-14,22-24H,15H2. The topological polar surface area (TPSA) is 50.7 Å². The summed E-state index contributed by atoms with van der Waals surface area (Å²) in [6, 6.07) is 25.4. The number of fused-ring (bicyclic) bond motifs is 1. The summed E-state index contributed by atoms with van der Waals surface area (Å²) in [4.78, 5) is 0. The van der Waals surface area contributed by atoms with Gasteiger partial charge in [-0.25, -0.2) is 5.48 Å². The summed E-state index contributed by atoms with van der Waals surface area (Å²) in [5, 5.41) is 9.21. The summed E-state index contributed by atoms with van der Waals surface area (Å²) < 4.78 is 12.1. The van der Waals surface area contributed by atoms with Crippen LogP contribution in [-0.4, -0.2) is 11.8 Å². The van der Waals surface area contributed by atoms with Crippen LogP contribution in [0.15, 0.2) is 84.4 Å². The lowest BCUT2D eigenvalue weighted by Gasteiger charge is -2.28. The average molecular weight is 345 g/mol.